The van der Waals surface area contributed by atoms with Crippen LogP contribution in [0.3, 0.4) is 0 Å². The molecule has 17 heavy (non-hydrogen) atoms. The third kappa shape index (κ3) is 3.02. The van der Waals surface area contributed by atoms with Crippen LogP contribution in [0.5, 0.6) is 0 Å². The van der Waals surface area contributed by atoms with Crippen molar-refractivity contribution in [1.29, 1.82) is 0 Å². The summed E-state index contributed by atoms with van der Waals surface area (Å²) in [5.41, 5.74) is 4.10. The predicted molar refractivity (Wildman–Crippen MR) is 75.6 cm³/mol. The summed E-state index contributed by atoms with van der Waals surface area (Å²) < 4.78 is 0. The van der Waals surface area contributed by atoms with Crippen molar-refractivity contribution in [2.45, 2.75) is 58.9 Å². The van der Waals surface area contributed by atoms with E-state index in [0.29, 0.717) is 6.04 Å². The summed E-state index contributed by atoms with van der Waals surface area (Å²) in [5, 5.41) is 3.72. The van der Waals surface area contributed by atoms with Crippen LogP contribution in [-0.2, 0) is 0 Å². The fourth-order valence-corrected chi connectivity index (χ4v) is 2.90. The second kappa shape index (κ2) is 5.57. The van der Waals surface area contributed by atoms with Crippen LogP contribution >= 0.6 is 0 Å². The van der Waals surface area contributed by atoms with Gasteiger partial charge in [-0.05, 0) is 56.7 Å². The van der Waals surface area contributed by atoms with Gasteiger partial charge in [0.15, 0.2) is 0 Å². The summed E-state index contributed by atoms with van der Waals surface area (Å²) in [6.45, 7) is 6.74. The lowest BCUT2D eigenvalue weighted by atomic mass is 9.84. The van der Waals surface area contributed by atoms with Crippen LogP contribution in [0.2, 0.25) is 0 Å². The Bertz CT molecular complexity index is 364. The molecule has 1 heteroatoms. The second-order valence-electron chi connectivity index (χ2n) is 5.58. The lowest BCUT2D eigenvalue weighted by Gasteiger charge is -2.29. The van der Waals surface area contributed by atoms with Gasteiger partial charge < -0.3 is 5.32 Å². The summed E-state index contributed by atoms with van der Waals surface area (Å²) in [6, 6.07) is 7.15. The second-order valence-corrected chi connectivity index (χ2v) is 5.58. The first kappa shape index (κ1) is 12.5. The zero-order chi connectivity index (χ0) is 12.3. The molecule has 1 aliphatic rings. The summed E-state index contributed by atoms with van der Waals surface area (Å²) in [5.74, 6) is 0.865. The Labute approximate surface area is 106 Å². The molecule has 1 aromatic rings. The molecule has 0 aliphatic heterocycles. The van der Waals surface area contributed by atoms with E-state index in [9.17, 15) is 0 Å². The Morgan fingerprint density at radius 1 is 1.12 bits per heavy atom. The van der Waals surface area contributed by atoms with Crippen LogP contribution in [0.25, 0.3) is 0 Å². The zero-order valence-corrected chi connectivity index (χ0v) is 11.4. The molecule has 0 aromatic heterocycles. The summed E-state index contributed by atoms with van der Waals surface area (Å²) in [6.07, 6.45) is 7.08. The minimum absolute atomic E-state index is 0.607. The van der Waals surface area contributed by atoms with Gasteiger partial charge in [-0.1, -0.05) is 31.4 Å². The molecule has 1 atom stereocenters. The first-order valence-corrected chi connectivity index (χ1v) is 7.01. The topological polar surface area (TPSA) is 12.0 Å². The van der Waals surface area contributed by atoms with Crippen molar-refractivity contribution >= 4 is 5.69 Å². The Morgan fingerprint density at radius 2 is 1.82 bits per heavy atom. The number of hydrogen-bond acceptors (Lipinski definition) is 1. The highest BCUT2D eigenvalue weighted by Gasteiger charge is 2.20. The molecular weight excluding hydrogens is 206 g/mol. The Morgan fingerprint density at radius 3 is 2.53 bits per heavy atom. The highest BCUT2D eigenvalue weighted by molar-refractivity contribution is 5.54. The van der Waals surface area contributed by atoms with Crippen molar-refractivity contribution < 1.29 is 0 Å². The fraction of sp³-hybridized carbons (Fsp3) is 0.625. The average Bonchev–Trinajstić information content (AvgIpc) is 2.36. The van der Waals surface area contributed by atoms with Crippen molar-refractivity contribution in [2.75, 3.05) is 5.32 Å². The van der Waals surface area contributed by atoms with Gasteiger partial charge in [0.05, 0.1) is 0 Å². The summed E-state index contributed by atoms with van der Waals surface area (Å²) in [4.78, 5) is 0. The van der Waals surface area contributed by atoms with Crippen molar-refractivity contribution in [3.05, 3.63) is 29.3 Å². The standard InChI is InChI=1S/C16H25N/c1-12-8-7-11-16(13(12)2)17-14(3)15-9-5-4-6-10-15/h7-8,11,14-15,17H,4-6,9-10H2,1-3H3. The van der Waals surface area contributed by atoms with Crippen LogP contribution in [0.4, 0.5) is 5.69 Å². The third-order valence-corrected chi connectivity index (χ3v) is 4.34. The first-order valence-electron chi connectivity index (χ1n) is 7.01. The van der Waals surface area contributed by atoms with E-state index >= 15 is 0 Å². The van der Waals surface area contributed by atoms with E-state index in [0.717, 1.165) is 5.92 Å². The lowest BCUT2D eigenvalue weighted by molar-refractivity contribution is 0.328. The maximum Gasteiger partial charge on any atom is 0.0374 e. The first-order chi connectivity index (χ1) is 8.18. The van der Waals surface area contributed by atoms with Crippen molar-refractivity contribution in [2.24, 2.45) is 5.92 Å². The normalized spacial score (nSPS) is 19.0. The molecule has 2 rings (SSSR count). The molecule has 0 heterocycles. The molecule has 1 unspecified atom stereocenters. The van der Waals surface area contributed by atoms with Crippen molar-refractivity contribution in [3.63, 3.8) is 0 Å². The molecule has 0 saturated heterocycles. The molecule has 1 N–H and O–H groups in total. The molecule has 0 radical (unpaired) electrons. The van der Waals surface area contributed by atoms with Gasteiger partial charge in [0.25, 0.3) is 0 Å². The molecule has 1 aromatic carbocycles. The van der Waals surface area contributed by atoms with E-state index in [1.54, 1.807) is 0 Å². The number of aryl methyl sites for hydroxylation is 1. The zero-order valence-electron chi connectivity index (χ0n) is 11.4. The molecule has 0 bridgehead atoms. The number of anilines is 1. The van der Waals surface area contributed by atoms with E-state index in [1.165, 1.54) is 48.9 Å². The van der Waals surface area contributed by atoms with Gasteiger partial charge >= 0.3 is 0 Å². The lowest BCUT2D eigenvalue weighted by Crippen LogP contribution is -2.28. The largest absolute Gasteiger partial charge is 0.382 e. The van der Waals surface area contributed by atoms with Crippen LogP contribution in [0, 0.1) is 19.8 Å². The molecule has 1 fully saturated rings. The molecular formula is C16H25N. The number of benzene rings is 1. The van der Waals surface area contributed by atoms with Gasteiger partial charge in [0.2, 0.25) is 0 Å². The van der Waals surface area contributed by atoms with Crippen molar-refractivity contribution in [1.82, 2.24) is 0 Å². The molecule has 94 valence electrons. The van der Waals surface area contributed by atoms with Gasteiger partial charge in [-0.15, -0.1) is 0 Å². The van der Waals surface area contributed by atoms with Gasteiger partial charge in [0, 0.05) is 11.7 Å². The molecule has 1 saturated carbocycles. The van der Waals surface area contributed by atoms with Crippen LogP contribution in [0.15, 0.2) is 18.2 Å². The molecule has 0 spiro atoms. The maximum atomic E-state index is 3.72. The van der Waals surface area contributed by atoms with Gasteiger partial charge in [-0.3, -0.25) is 0 Å². The SMILES string of the molecule is Cc1cccc(NC(C)C2CCCCC2)c1C. The van der Waals surface area contributed by atoms with E-state index in [-0.39, 0.29) is 0 Å². The number of hydrogen-bond donors (Lipinski definition) is 1. The van der Waals surface area contributed by atoms with Crippen LogP contribution in [0.1, 0.15) is 50.2 Å². The average molecular weight is 231 g/mol. The summed E-state index contributed by atoms with van der Waals surface area (Å²) in [7, 11) is 0. The maximum absolute atomic E-state index is 3.72. The number of nitrogens with one attached hydrogen (secondary N) is 1. The van der Waals surface area contributed by atoms with Gasteiger partial charge in [-0.2, -0.15) is 0 Å². The van der Waals surface area contributed by atoms with Crippen LogP contribution in [-0.4, -0.2) is 6.04 Å². The molecule has 1 nitrogen and oxygen atoms in total. The van der Waals surface area contributed by atoms with E-state index in [1.807, 2.05) is 0 Å². The minimum atomic E-state index is 0.607. The highest BCUT2D eigenvalue weighted by Crippen LogP contribution is 2.29. The quantitative estimate of drug-likeness (QED) is 0.796. The molecule has 0 amide bonds. The predicted octanol–water partition coefficient (Wildman–Crippen LogP) is 4.68. The van der Waals surface area contributed by atoms with E-state index in [2.05, 4.69) is 44.3 Å². The van der Waals surface area contributed by atoms with E-state index in [4.69, 9.17) is 0 Å². The Balaban J connectivity index is 2.01. The third-order valence-electron chi connectivity index (χ3n) is 4.34. The highest BCUT2D eigenvalue weighted by atomic mass is 14.9. The van der Waals surface area contributed by atoms with E-state index < -0.39 is 0 Å². The summed E-state index contributed by atoms with van der Waals surface area (Å²) >= 11 is 0. The van der Waals surface area contributed by atoms with Gasteiger partial charge in [0.1, 0.15) is 0 Å². The monoisotopic (exact) mass is 231 g/mol. The smallest absolute Gasteiger partial charge is 0.0374 e. The van der Waals surface area contributed by atoms with Crippen LogP contribution < -0.4 is 5.32 Å². The Hall–Kier alpha value is -0.980. The Kier molecular flexibility index (Phi) is 4.09. The minimum Gasteiger partial charge on any atom is -0.382 e. The molecule has 1 aliphatic carbocycles. The van der Waals surface area contributed by atoms with Crippen molar-refractivity contribution in [3.8, 4) is 0 Å². The number of rotatable bonds is 3. The van der Waals surface area contributed by atoms with Gasteiger partial charge in [-0.25, -0.2) is 0 Å². The fourth-order valence-electron chi connectivity index (χ4n) is 2.90.